The van der Waals surface area contributed by atoms with Crippen molar-refractivity contribution in [1.82, 2.24) is 0 Å². The van der Waals surface area contributed by atoms with Gasteiger partial charge in [-0.15, -0.1) is 0 Å². The van der Waals surface area contributed by atoms with Gasteiger partial charge >= 0.3 is 11.9 Å². The van der Waals surface area contributed by atoms with Crippen molar-refractivity contribution in [3.63, 3.8) is 0 Å². The smallest absolute Gasteiger partial charge is 0.331 e. The Labute approximate surface area is 331 Å². The van der Waals surface area contributed by atoms with Gasteiger partial charge < -0.3 is 34.3 Å². The second-order valence-electron chi connectivity index (χ2n) is 14.7. The van der Waals surface area contributed by atoms with Crippen LogP contribution in [0.2, 0.25) is 0 Å². The van der Waals surface area contributed by atoms with E-state index in [1.54, 1.807) is 12.2 Å². The van der Waals surface area contributed by atoms with E-state index in [1.807, 2.05) is 6.08 Å². The Bertz CT molecular complexity index is 1170. The van der Waals surface area contributed by atoms with E-state index in [4.69, 9.17) is 18.9 Å². The highest BCUT2D eigenvalue weighted by Crippen LogP contribution is 2.24. The lowest BCUT2D eigenvalue weighted by molar-refractivity contribution is -0.297. The van der Waals surface area contributed by atoms with E-state index in [0.29, 0.717) is 6.42 Å². The van der Waals surface area contributed by atoms with E-state index < -0.39 is 71.2 Å². The van der Waals surface area contributed by atoms with Crippen molar-refractivity contribution >= 4 is 22.1 Å². The van der Waals surface area contributed by atoms with Gasteiger partial charge in [-0.25, -0.2) is 4.79 Å². The van der Waals surface area contributed by atoms with Gasteiger partial charge in [0.1, 0.15) is 36.8 Å². The average Bonchev–Trinajstić information content (AvgIpc) is 3.14. The predicted molar refractivity (Wildman–Crippen MR) is 215 cm³/mol. The fourth-order valence-electron chi connectivity index (χ4n) is 6.22. The largest absolute Gasteiger partial charge is 0.462 e. The number of allylic oxidation sites excluding steroid dienone is 5. The number of unbranched alkanes of at least 4 members (excludes halogenated alkanes) is 19. The molecule has 1 heterocycles. The van der Waals surface area contributed by atoms with Gasteiger partial charge in [0, 0.05) is 12.5 Å². The number of carbonyl (C=O) groups is 2. The molecule has 1 fully saturated rings. The molecule has 1 saturated heterocycles. The second kappa shape index (κ2) is 32.9. The van der Waals surface area contributed by atoms with Crippen LogP contribution in [-0.4, -0.2) is 96.0 Å². The SMILES string of the molecule is CCCCC/C=C/CCCCCCCC(=O)OC[C@H](CO[C@H]1O[C@H](CS(=O)(=O)O)[C@@H](O)C(O)C1O)OC(=O)/C=C/C=C/CCCCCCCCCCCCC. The first-order valence-corrected chi connectivity index (χ1v) is 22.7. The Morgan fingerprint density at radius 3 is 1.75 bits per heavy atom. The van der Waals surface area contributed by atoms with Crippen molar-refractivity contribution in [2.45, 2.75) is 198 Å². The van der Waals surface area contributed by atoms with Crippen LogP contribution in [0.1, 0.15) is 162 Å². The molecule has 0 radical (unpaired) electrons. The molecule has 1 rings (SSSR count). The normalized spacial score (nSPS) is 21.2. The van der Waals surface area contributed by atoms with Crippen LogP contribution in [0.15, 0.2) is 36.5 Å². The summed E-state index contributed by atoms with van der Waals surface area (Å²) in [5, 5.41) is 30.8. The van der Waals surface area contributed by atoms with Gasteiger partial charge in [0.25, 0.3) is 10.1 Å². The Morgan fingerprint density at radius 2 is 1.16 bits per heavy atom. The number of aliphatic hydroxyl groups excluding tert-OH is 3. The number of aliphatic hydroxyl groups is 3. The van der Waals surface area contributed by atoms with Crippen LogP contribution in [0.25, 0.3) is 0 Å². The maximum atomic E-state index is 12.7. The van der Waals surface area contributed by atoms with Crippen molar-refractivity contribution < 1.29 is 56.8 Å². The first kappa shape index (κ1) is 50.9. The van der Waals surface area contributed by atoms with Crippen molar-refractivity contribution in [2.75, 3.05) is 19.0 Å². The van der Waals surface area contributed by atoms with Gasteiger partial charge in [-0.05, 0) is 44.9 Å². The highest BCUT2D eigenvalue weighted by atomic mass is 32.2. The highest BCUT2D eigenvalue weighted by molar-refractivity contribution is 7.85. The number of esters is 2. The fourth-order valence-corrected chi connectivity index (χ4v) is 6.92. The summed E-state index contributed by atoms with van der Waals surface area (Å²) in [5.41, 5.74) is 0. The molecule has 55 heavy (non-hydrogen) atoms. The molecule has 0 saturated carbocycles. The molecule has 0 aliphatic carbocycles. The molecule has 6 atom stereocenters. The minimum absolute atomic E-state index is 0.189. The maximum Gasteiger partial charge on any atom is 0.331 e. The van der Waals surface area contributed by atoms with Gasteiger partial charge in [-0.2, -0.15) is 8.42 Å². The van der Waals surface area contributed by atoms with Gasteiger partial charge in [0.2, 0.25) is 0 Å². The summed E-state index contributed by atoms with van der Waals surface area (Å²) in [7, 11) is -4.61. The minimum Gasteiger partial charge on any atom is -0.462 e. The predicted octanol–water partition coefficient (Wildman–Crippen LogP) is 7.83. The summed E-state index contributed by atoms with van der Waals surface area (Å²) in [6.45, 7) is 3.61. The molecule has 1 aliphatic rings. The monoisotopic (exact) mass is 802 g/mol. The third kappa shape index (κ3) is 28.0. The third-order valence-corrected chi connectivity index (χ3v) is 10.3. The molecule has 1 aliphatic heterocycles. The molecule has 0 amide bonds. The van der Waals surface area contributed by atoms with E-state index >= 15 is 0 Å². The van der Waals surface area contributed by atoms with E-state index in [9.17, 15) is 37.9 Å². The van der Waals surface area contributed by atoms with Crippen LogP contribution < -0.4 is 0 Å². The standard InChI is InChI=1S/C42H74O12S/c1-3-5-7-9-11-13-15-17-18-19-21-23-25-27-29-31-38(44)53-35(33-52-42-41(47)40(46)39(45)36(54-42)34-55(48,49)50)32-51-37(43)30-28-26-24-22-20-16-14-12-10-8-6-4-2/h12,14,25,27,29,31,35-36,39-42,45-47H,3-11,13,15-24,26,28,30,32-34H2,1-2H3,(H,48,49,50)/b14-12+,27-25+,31-29+/t35-,36-,39-,40?,41?,42+/m1/s1. The van der Waals surface area contributed by atoms with Gasteiger partial charge in [0.15, 0.2) is 12.4 Å². The third-order valence-electron chi connectivity index (χ3n) is 9.55. The molecule has 0 aromatic rings. The Kier molecular flexibility index (Phi) is 30.4. The lowest BCUT2D eigenvalue weighted by atomic mass is 10.00. The summed E-state index contributed by atoms with van der Waals surface area (Å²) in [6, 6.07) is 0. The van der Waals surface area contributed by atoms with E-state index in [0.717, 1.165) is 57.8 Å². The van der Waals surface area contributed by atoms with Crippen molar-refractivity contribution in [1.29, 1.82) is 0 Å². The Balaban J connectivity index is 2.55. The number of rotatable bonds is 34. The number of hydrogen-bond acceptors (Lipinski definition) is 11. The molecule has 0 aromatic carbocycles. The molecule has 4 N–H and O–H groups in total. The Hall–Kier alpha value is -2.13. The van der Waals surface area contributed by atoms with Gasteiger partial charge in [-0.3, -0.25) is 9.35 Å². The summed E-state index contributed by atoms with van der Waals surface area (Å²) < 4.78 is 53.7. The zero-order valence-electron chi connectivity index (χ0n) is 33.8. The van der Waals surface area contributed by atoms with Crippen LogP contribution in [-0.2, 0) is 38.7 Å². The molecule has 12 nitrogen and oxygen atoms in total. The first-order valence-electron chi connectivity index (χ1n) is 21.1. The van der Waals surface area contributed by atoms with E-state index in [2.05, 4.69) is 26.0 Å². The molecule has 2 unspecified atom stereocenters. The molecular weight excluding hydrogens is 729 g/mol. The van der Waals surface area contributed by atoms with E-state index in [-0.39, 0.29) is 13.0 Å². The van der Waals surface area contributed by atoms with Crippen LogP contribution >= 0.6 is 0 Å². The maximum absolute atomic E-state index is 12.7. The second-order valence-corrected chi connectivity index (χ2v) is 16.2. The summed E-state index contributed by atoms with van der Waals surface area (Å²) in [6.07, 6.45) is 26.9. The molecular formula is C42H74O12S. The summed E-state index contributed by atoms with van der Waals surface area (Å²) in [5.74, 6) is -2.26. The molecule has 0 spiro atoms. The topological polar surface area (TPSA) is 186 Å². The molecule has 320 valence electrons. The van der Waals surface area contributed by atoms with Crippen molar-refractivity contribution in [3.05, 3.63) is 36.5 Å². The van der Waals surface area contributed by atoms with Crippen molar-refractivity contribution in [2.24, 2.45) is 0 Å². The zero-order chi connectivity index (χ0) is 40.6. The number of hydrogen-bond donors (Lipinski definition) is 4. The fraction of sp³-hybridized carbons (Fsp3) is 0.810. The number of ether oxygens (including phenoxy) is 4. The Morgan fingerprint density at radius 1 is 0.655 bits per heavy atom. The van der Waals surface area contributed by atoms with E-state index in [1.165, 1.54) is 83.1 Å². The van der Waals surface area contributed by atoms with Crippen LogP contribution in [0, 0.1) is 0 Å². The van der Waals surface area contributed by atoms with Crippen LogP contribution in [0.3, 0.4) is 0 Å². The lowest BCUT2D eigenvalue weighted by Crippen LogP contribution is -2.60. The molecule has 0 aromatic heterocycles. The average molecular weight is 803 g/mol. The molecule has 13 heteroatoms. The lowest BCUT2D eigenvalue weighted by Gasteiger charge is -2.40. The summed E-state index contributed by atoms with van der Waals surface area (Å²) in [4.78, 5) is 25.2. The van der Waals surface area contributed by atoms with Gasteiger partial charge in [0.05, 0.1) is 6.61 Å². The number of carbonyl (C=O) groups excluding carboxylic acids is 2. The molecule has 0 bridgehead atoms. The zero-order valence-corrected chi connectivity index (χ0v) is 34.6. The van der Waals surface area contributed by atoms with Gasteiger partial charge in [-0.1, -0.05) is 141 Å². The highest BCUT2D eigenvalue weighted by Gasteiger charge is 2.46. The first-order chi connectivity index (χ1) is 26.5. The van der Waals surface area contributed by atoms with Crippen LogP contribution in [0.4, 0.5) is 0 Å². The summed E-state index contributed by atoms with van der Waals surface area (Å²) >= 11 is 0. The van der Waals surface area contributed by atoms with Crippen molar-refractivity contribution in [3.8, 4) is 0 Å². The minimum atomic E-state index is -4.61. The quantitative estimate of drug-likeness (QED) is 0.0124. The van der Waals surface area contributed by atoms with Crippen LogP contribution in [0.5, 0.6) is 0 Å².